The summed E-state index contributed by atoms with van der Waals surface area (Å²) in [5.41, 5.74) is 3.18. The molecule has 0 spiro atoms. The second-order valence-corrected chi connectivity index (χ2v) is 6.40. The summed E-state index contributed by atoms with van der Waals surface area (Å²) < 4.78 is 21.8. The fourth-order valence-electron chi connectivity index (χ4n) is 3.80. The average Bonchev–Trinajstić information content (AvgIpc) is 2.90. The third-order valence-corrected chi connectivity index (χ3v) is 5.08. The summed E-state index contributed by atoms with van der Waals surface area (Å²) in [6, 6.07) is 3.86. The first-order chi connectivity index (χ1) is 12.6. The molecule has 1 aromatic rings. The Hall–Kier alpha value is -2.56. The lowest BCUT2D eigenvalue weighted by molar-refractivity contribution is 0.170. The zero-order valence-corrected chi connectivity index (χ0v) is 15.8. The van der Waals surface area contributed by atoms with Crippen LogP contribution in [0.2, 0.25) is 0 Å². The zero-order valence-electron chi connectivity index (χ0n) is 15.8. The molecule has 0 aromatic heterocycles. The highest BCUT2D eigenvalue weighted by Crippen LogP contribution is 2.44. The summed E-state index contributed by atoms with van der Waals surface area (Å²) in [6.07, 6.45) is 7.79. The van der Waals surface area contributed by atoms with Gasteiger partial charge in [-0.15, -0.1) is 0 Å². The Labute approximate surface area is 154 Å². The molecule has 0 radical (unpaired) electrons. The molecule has 0 fully saturated rings. The van der Waals surface area contributed by atoms with Gasteiger partial charge in [-0.2, -0.15) is 0 Å². The third-order valence-electron chi connectivity index (χ3n) is 5.08. The quantitative estimate of drug-likeness (QED) is 0.856. The van der Waals surface area contributed by atoms with Crippen LogP contribution in [0.5, 0.6) is 11.5 Å². The molecule has 1 aromatic carbocycles. The van der Waals surface area contributed by atoms with E-state index in [-0.39, 0.29) is 11.7 Å². The van der Waals surface area contributed by atoms with Crippen LogP contribution in [0.25, 0.3) is 5.57 Å². The normalized spacial score (nSPS) is 19.8. The smallest absolute Gasteiger partial charge is 0.198 e. The van der Waals surface area contributed by atoms with Crippen molar-refractivity contribution in [3.63, 3.8) is 0 Å². The summed E-state index contributed by atoms with van der Waals surface area (Å²) >= 11 is 0. The summed E-state index contributed by atoms with van der Waals surface area (Å²) in [5.74, 6) is 2.92. The van der Waals surface area contributed by atoms with Crippen molar-refractivity contribution in [1.29, 1.82) is 0 Å². The molecule has 26 heavy (non-hydrogen) atoms. The predicted molar refractivity (Wildman–Crippen MR) is 99.8 cm³/mol. The zero-order chi connectivity index (χ0) is 18.7. The highest BCUT2D eigenvalue weighted by atomic mass is 16.5. The fourth-order valence-corrected chi connectivity index (χ4v) is 3.80. The molecule has 140 valence electrons. The van der Waals surface area contributed by atoms with Gasteiger partial charge < -0.3 is 24.1 Å². The molecule has 1 atom stereocenters. The van der Waals surface area contributed by atoms with E-state index in [1.54, 1.807) is 28.4 Å². The van der Waals surface area contributed by atoms with E-state index < -0.39 is 0 Å². The van der Waals surface area contributed by atoms with Crippen molar-refractivity contribution in [2.24, 2.45) is 5.92 Å². The maximum Gasteiger partial charge on any atom is 0.198 e. The minimum atomic E-state index is 0.0865. The van der Waals surface area contributed by atoms with Crippen LogP contribution in [0.4, 0.5) is 0 Å². The number of allylic oxidation sites excluding steroid dienone is 4. The molecule has 5 nitrogen and oxygen atoms in total. The number of aromatic hydroxyl groups is 1. The number of methoxy groups -OCH3 is 4. The number of fused-ring (bicyclic) bond motifs is 1. The van der Waals surface area contributed by atoms with Crippen molar-refractivity contribution in [2.45, 2.75) is 25.7 Å². The highest BCUT2D eigenvalue weighted by Gasteiger charge is 2.30. The topological polar surface area (TPSA) is 57.2 Å². The number of hydrogen-bond donors (Lipinski definition) is 1. The number of hydrogen-bond acceptors (Lipinski definition) is 5. The summed E-state index contributed by atoms with van der Waals surface area (Å²) in [7, 11) is 6.47. The van der Waals surface area contributed by atoms with Crippen molar-refractivity contribution in [3.05, 3.63) is 52.7 Å². The SMILES string of the molecule is COC1=CC(C2=CCCCc3c2ccc(OC)c3O)CC(OC)=C1OC. The third kappa shape index (κ3) is 3.14. The van der Waals surface area contributed by atoms with Gasteiger partial charge in [0.2, 0.25) is 0 Å². The van der Waals surface area contributed by atoms with Gasteiger partial charge in [-0.25, -0.2) is 0 Å². The molecule has 0 amide bonds. The second-order valence-electron chi connectivity index (χ2n) is 6.40. The van der Waals surface area contributed by atoms with Crippen molar-refractivity contribution in [1.82, 2.24) is 0 Å². The Morgan fingerprint density at radius 3 is 2.46 bits per heavy atom. The molecule has 5 heteroatoms. The summed E-state index contributed by atoms with van der Waals surface area (Å²) in [5, 5.41) is 10.6. The van der Waals surface area contributed by atoms with Crippen LogP contribution in [-0.2, 0) is 20.6 Å². The van der Waals surface area contributed by atoms with E-state index in [1.807, 2.05) is 12.1 Å². The van der Waals surface area contributed by atoms with Gasteiger partial charge in [0.25, 0.3) is 0 Å². The van der Waals surface area contributed by atoms with Crippen LogP contribution in [0.1, 0.15) is 30.4 Å². The Kier molecular flexibility index (Phi) is 5.45. The first kappa shape index (κ1) is 18.2. The van der Waals surface area contributed by atoms with Crippen LogP contribution in [0.15, 0.2) is 41.6 Å². The van der Waals surface area contributed by atoms with Crippen LogP contribution in [0.3, 0.4) is 0 Å². The summed E-state index contributed by atoms with van der Waals surface area (Å²) in [6.45, 7) is 0. The van der Waals surface area contributed by atoms with E-state index in [0.29, 0.717) is 23.7 Å². The van der Waals surface area contributed by atoms with Gasteiger partial charge in [-0.1, -0.05) is 12.1 Å². The molecular weight excluding hydrogens is 332 g/mol. The van der Waals surface area contributed by atoms with Gasteiger partial charge in [-0.05, 0) is 42.5 Å². The Morgan fingerprint density at radius 1 is 1.00 bits per heavy atom. The van der Waals surface area contributed by atoms with E-state index in [9.17, 15) is 5.11 Å². The van der Waals surface area contributed by atoms with Crippen LogP contribution in [0, 0.1) is 5.92 Å². The van der Waals surface area contributed by atoms with Gasteiger partial charge >= 0.3 is 0 Å². The molecule has 0 aliphatic heterocycles. The Bertz CT molecular complexity index is 773. The first-order valence-electron chi connectivity index (χ1n) is 8.81. The van der Waals surface area contributed by atoms with Gasteiger partial charge in [0, 0.05) is 17.9 Å². The first-order valence-corrected chi connectivity index (χ1v) is 8.81. The maximum absolute atomic E-state index is 10.6. The summed E-state index contributed by atoms with van der Waals surface area (Å²) in [4.78, 5) is 0. The Balaban J connectivity index is 2.06. The lowest BCUT2D eigenvalue weighted by Crippen LogP contribution is -2.15. The minimum Gasteiger partial charge on any atom is -0.504 e. The maximum atomic E-state index is 10.6. The van der Waals surface area contributed by atoms with Crippen LogP contribution >= 0.6 is 0 Å². The molecule has 2 aliphatic carbocycles. The van der Waals surface area contributed by atoms with Gasteiger partial charge in [0.15, 0.2) is 23.0 Å². The second kappa shape index (κ2) is 7.77. The largest absolute Gasteiger partial charge is 0.504 e. The van der Waals surface area contributed by atoms with E-state index in [0.717, 1.165) is 36.1 Å². The van der Waals surface area contributed by atoms with Crippen molar-refractivity contribution < 1.29 is 24.1 Å². The Morgan fingerprint density at radius 2 is 1.81 bits per heavy atom. The van der Waals surface area contributed by atoms with Crippen molar-refractivity contribution in [2.75, 3.05) is 28.4 Å². The molecule has 0 saturated carbocycles. The van der Waals surface area contributed by atoms with Crippen molar-refractivity contribution in [3.8, 4) is 11.5 Å². The van der Waals surface area contributed by atoms with Crippen LogP contribution < -0.4 is 4.74 Å². The van der Waals surface area contributed by atoms with Crippen LogP contribution in [-0.4, -0.2) is 33.5 Å². The monoisotopic (exact) mass is 358 g/mol. The molecule has 0 bridgehead atoms. The molecule has 0 heterocycles. The number of ether oxygens (including phenoxy) is 4. The number of phenols is 1. The lowest BCUT2D eigenvalue weighted by Gasteiger charge is -2.27. The molecule has 0 saturated heterocycles. The molecule has 1 N–H and O–H groups in total. The molecule has 1 unspecified atom stereocenters. The number of benzene rings is 1. The van der Waals surface area contributed by atoms with Gasteiger partial charge in [-0.3, -0.25) is 0 Å². The average molecular weight is 358 g/mol. The van der Waals surface area contributed by atoms with E-state index in [2.05, 4.69) is 12.2 Å². The molecular formula is C21H26O5. The van der Waals surface area contributed by atoms with Gasteiger partial charge in [0.1, 0.15) is 5.76 Å². The fraction of sp³-hybridized carbons (Fsp3) is 0.429. The standard InChI is InChI=1S/C21H26O5/c1-23-17-10-9-15-14(7-5-6-8-16(15)20(17)22)13-11-18(24-2)21(26-4)19(12-13)25-3/h7,9-11,13,22H,5-6,8,12H2,1-4H3. The molecule has 3 rings (SSSR count). The number of rotatable bonds is 5. The number of phenolic OH excluding ortho intramolecular Hbond substituents is 1. The molecule has 2 aliphatic rings. The van der Waals surface area contributed by atoms with E-state index >= 15 is 0 Å². The van der Waals surface area contributed by atoms with Crippen molar-refractivity contribution >= 4 is 5.57 Å². The minimum absolute atomic E-state index is 0.0865. The lowest BCUT2D eigenvalue weighted by atomic mass is 9.84. The van der Waals surface area contributed by atoms with Gasteiger partial charge in [0.05, 0.1) is 28.4 Å². The highest BCUT2D eigenvalue weighted by molar-refractivity contribution is 5.75. The van der Waals surface area contributed by atoms with E-state index in [1.165, 1.54) is 5.57 Å². The van der Waals surface area contributed by atoms with E-state index in [4.69, 9.17) is 18.9 Å². The predicted octanol–water partition coefficient (Wildman–Crippen LogP) is 4.18.